The Morgan fingerprint density at radius 3 is 2.62 bits per heavy atom. The molecule has 2 N–H and O–H groups in total. The quantitative estimate of drug-likeness (QED) is 0.823. The molecule has 0 aromatic heterocycles. The molecule has 21 heavy (non-hydrogen) atoms. The van der Waals surface area contributed by atoms with E-state index < -0.39 is 32.4 Å². The molecule has 0 saturated heterocycles. The molecular weight excluding hydrogens is 314 g/mol. The van der Waals surface area contributed by atoms with Crippen LogP contribution in [0.1, 0.15) is 18.4 Å². The maximum atomic E-state index is 12.3. The highest BCUT2D eigenvalue weighted by molar-refractivity contribution is 7.91. The second-order valence-electron chi connectivity index (χ2n) is 5.25. The second kappa shape index (κ2) is 5.59. The van der Waals surface area contributed by atoms with Crippen molar-refractivity contribution in [2.75, 3.05) is 19.4 Å². The molecule has 0 aliphatic heterocycles. The van der Waals surface area contributed by atoms with Crippen LogP contribution in [0.5, 0.6) is 0 Å². The molecule has 0 unspecified atom stereocenters. The first-order valence-corrected chi connectivity index (χ1v) is 8.94. The zero-order chi connectivity index (χ0) is 15.8. The van der Waals surface area contributed by atoms with E-state index in [1.807, 2.05) is 0 Å². The fraction of sp³-hybridized carbons (Fsp3) is 0.500. The molecule has 1 aromatic carbocycles. The Kier molecular flexibility index (Phi) is 4.33. The minimum Gasteiger partial charge on any atom is -0.465 e. The van der Waals surface area contributed by atoms with E-state index in [0.29, 0.717) is 10.6 Å². The number of esters is 1. The SMILES string of the molecule is CCOC(=O)[C@]1(CN)[C@@H](c2cccc(Cl)c2)[C@@H]1S(C)(=O)=O. The summed E-state index contributed by atoms with van der Waals surface area (Å²) in [6.45, 7) is 1.77. The number of carbonyl (C=O) groups excluding carboxylic acids is 1. The normalized spacial score (nSPS) is 28.2. The van der Waals surface area contributed by atoms with Gasteiger partial charge in [0.1, 0.15) is 5.41 Å². The summed E-state index contributed by atoms with van der Waals surface area (Å²) in [4.78, 5) is 12.3. The smallest absolute Gasteiger partial charge is 0.315 e. The molecule has 0 bridgehead atoms. The van der Waals surface area contributed by atoms with E-state index in [1.54, 1.807) is 31.2 Å². The summed E-state index contributed by atoms with van der Waals surface area (Å²) in [6, 6.07) is 6.84. The molecular formula is C14H18ClNO4S. The highest BCUT2D eigenvalue weighted by atomic mass is 35.5. The molecule has 5 nitrogen and oxygen atoms in total. The Bertz CT molecular complexity index is 661. The summed E-state index contributed by atoms with van der Waals surface area (Å²) in [6.07, 6.45) is 1.12. The lowest BCUT2D eigenvalue weighted by Crippen LogP contribution is -2.33. The van der Waals surface area contributed by atoms with Gasteiger partial charge in [-0.15, -0.1) is 0 Å². The average Bonchev–Trinajstić information content (AvgIpc) is 3.09. The Hall–Kier alpha value is -1.11. The number of hydrogen-bond donors (Lipinski definition) is 1. The zero-order valence-corrected chi connectivity index (χ0v) is 13.4. The van der Waals surface area contributed by atoms with E-state index >= 15 is 0 Å². The molecule has 7 heteroatoms. The average molecular weight is 332 g/mol. The standard InChI is InChI=1S/C14H18ClNO4S/c1-3-20-13(17)14(8-16)11(12(14)21(2,18)19)9-5-4-6-10(15)7-9/h4-7,11-12H,3,8,16H2,1-2H3/t11-,12-,14+/m0/s1. The van der Waals surface area contributed by atoms with Gasteiger partial charge in [-0.3, -0.25) is 4.79 Å². The molecule has 1 aromatic rings. The van der Waals surface area contributed by atoms with Crippen molar-refractivity contribution in [2.45, 2.75) is 18.1 Å². The van der Waals surface area contributed by atoms with Crippen LogP contribution in [0.15, 0.2) is 24.3 Å². The molecule has 1 fully saturated rings. The molecule has 1 aliphatic carbocycles. The van der Waals surface area contributed by atoms with Gasteiger partial charge in [0.25, 0.3) is 0 Å². The lowest BCUT2D eigenvalue weighted by atomic mass is 9.99. The van der Waals surface area contributed by atoms with Crippen LogP contribution in [0, 0.1) is 5.41 Å². The van der Waals surface area contributed by atoms with Crippen LogP contribution < -0.4 is 5.73 Å². The Labute approximate surface area is 129 Å². The summed E-state index contributed by atoms with van der Waals surface area (Å²) in [5.74, 6) is -1.08. The van der Waals surface area contributed by atoms with Gasteiger partial charge in [-0.1, -0.05) is 23.7 Å². The predicted molar refractivity (Wildman–Crippen MR) is 80.9 cm³/mol. The summed E-state index contributed by atoms with van der Waals surface area (Å²) < 4.78 is 29.1. The highest BCUT2D eigenvalue weighted by Crippen LogP contribution is 2.63. The molecule has 0 radical (unpaired) electrons. The van der Waals surface area contributed by atoms with Crippen LogP contribution >= 0.6 is 11.6 Å². The van der Waals surface area contributed by atoms with Gasteiger partial charge in [-0.25, -0.2) is 8.42 Å². The van der Waals surface area contributed by atoms with Crippen molar-refractivity contribution >= 4 is 27.4 Å². The molecule has 2 rings (SSSR count). The van der Waals surface area contributed by atoms with Crippen molar-refractivity contribution in [1.82, 2.24) is 0 Å². The van der Waals surface area contributed by atoms with Crippen molar-refractivity contribution in [3.8, 4) is 0 Å². The van der Waals surface area contributed by atoms with E-state index in [1.165, 1.54) is 0 Å². The van der Waals surface area contributed by atoms with Gasteiger partial charge >= 0.3 is 5.97 Å². The zero-order valence-electron chi connectivity index (χ0n) is 11.9. The molecule has 1 saturated carbocycles. The highest BCUT2D eigenvalue weighted by Gasteiger charge is 2.74. The predicted octanol–water partition coefficient (Wildman–Crippen LogP) is 1.36. The largest absolute Gasteiger partial charge is 0.465 e. The number of sulfone groups is 1. The number of carbonyl (C=O) groups is 1. The molecule has 0 amide bonds. The first-order chi connectivity index (χ1) is 9.79. The first-order valence-electron chi connectivity index (χ1n) is 6.60. The first kappa shape index (κ1) is 16.3. The van der Waals surface area contributed by atoms with Crippen LogP contribution in [-0.4, -0.2) is 39.0 Å². The maximum absolute atomic E-state index is 12.3. The van der Waals surface area contributed by atoms with Gasteiger partial charge in [0.2, 0.25) is 0 Å². The summed E-state index contributed by atoms with van der Waals surface area (Å²) in [5.41, 5.74) is 5.23. The van der Waals surface area contributed by atoms with Crippen molar-refractivity contribution < 1.29 is 17.9 Å². The molecule has 116 valence electrons. The monoisotopic (exact) mass is 331 g/mol. The van der Waals surface area contributed by atoms with Crippen LogP contribution in [0.2, 0.25) is 5.02 Å². The summed E-state index contributed by atoms with van der Waals surface area (Å²) in [7, 11) is -3.45. The van der Waals surface area contributed by atoms with Gasteiger partial charge in [0.05, 0.1) is 11.9 Å². The topological polar surface area (TPSA) is 86.5 Å². The number of halogens is 1. The van der Waals surface area contributed by atoms with E-state index in [-0.39, 0.29) is 13.2 Å². The molecule has 0 heterocycles. The van der Waals surface area contributed by atoms with Gasteiger partial charge in [0.15, 0.2) is 9.84 Å². The number of ether oxygens (including phenoxy) is 1. The molecule has 1 aliphatic rings. The maximum Gasteiger partial charge on any atom is 0.315 e. The fourth-order valence-electron chi connectivity index (χ4n) is 3.04. The third-order valence-corrected chi connectivity index (χ3v) is 5.77. The van der Waals surface area contributed by atoms with Crippen molar-refractivity contribution in [3.63, 3.8) is 0 Å². The van der Waals surface area contributed by atoms with Crippen LogP contribution in [0.3, 0.4) is 0 Å². The van der Waals surface area contributed by atoms with Gasteiger partial charge in [-0.05, 0) is 24.6 Å². The lowest BCUT2D eigenvalue weighted by molar-refractivity contribution is -0.149. The van der Waals surface area contributed by atoms with Gasteiger partial charge < -0.3 is 10.5 Å². The Balaban J connectivity index is 2.50. The van der Waals surface area contributed by atoms with E-state index in [2.05, 4.69) is 0 Å². The fourth-order valence-corrected chi connectivity index (χ4v) is 5.16. The summed E-state index contributed by atoms with van der Waals surface area (Å²) in [5, 5.41) is -0.381. The van der Waals surface area contributed by atoms with Crippen molar-refractivity contribution in [1.29, 1.82) is 0 Å². The van der Waals surface area contributed by atoms with Crippen molar-refractivity contribution in [3.05, 3.63) is 34.9 Å². The third kappa shape index (κ3) is 2.67. The van der Waals surface area contributed by atoms with Gasteiger partial charge in [0, 0.05) is 23.7 Å². The molecule has 0 spiro atoms. The van der Waals surface area contributed by atoms with Crippen LogP contribution in [0.25, 0.3) is 0 Å². The second-order valence-corrected chi connectivity index (χ2v) is 7.85. The number of benzene rings is 1. The van der Waals surface area contributed by atoms with E-state index in [4.69, 9.17) is 22.1 Å². The summed E-state index contributed by atoms with van der Waals surface area (Å²) >= 11 is 5.96. The van der Waals surface area contributed by atoms with Crippen LogP contribution in [0.4, 0.5) is 0 Å². The lowest BCUT2D eigenvalue weighted by Gasteiger charge is -2.14. The number of nitrogens with two attached hydrogens (primary N) is 1. The van der Waals surface area contributed by atoms with Gasteiger partial charge in [-0.2, -0.15) is 0 Å². The van der Waals surface area contributed by atoms with Crippen molar-refractivity contribution in [2.24, 2.45) is 11.1 Å². The Morgan fingerprint density at radius 2 is 2.14 bits per heavy atom. The number of rotatable bonds is 5. The molecule has 3 atom stereocenters. The minimum atomic E-state index is -3.45. The van der Waals surface area contributed by atoms with E-state index in [0.717, 1.165) is 6.26 Å². The van der Waals surface area contributed by atoms with Crippen LogP contribution in [-0.2, 0) is 19.4 Å². The Morgan fingerprint density at radius 1 is 1.48 bits per heavy atom. The number of hydrogen-bond acceptors (Lipinski definition) is 5. The third-order valence-electron chi connectivity index (χ3n) is 3.92. The minimum absolute atomic E-state index is 0.0826. The van der Waals surface area contributed by atoms with E-state index in [9.17, 15) is 13.2 Å².